The number of rotatable bonds is 2. The van der Waals surface area contributed by atoms with E-state index in [1.54, 1.807) is 0 Å². The fourth-order valence-corrected chi connectivity index (χ4v) is 2.80. The summed E-state index contributed by atoms with van der Waals surface area (Å²) < 4.78 is 6.76. The van der Waals surface area contributed by atoms with Crippen molar-refractivity contribution in [3.63, 3.8) is 0 Å². The van der Waals surface area contributed by atoms with Gasteiger partial charge in [-0.2, -0.15) is 0 Å². The molecule has 0 bridgehead atoms. The first-order valence-electron chi connectivity index (χ1n) is 5.98. The third-order valence-electron chi connectivity index (χ3n) is 3.17. The third-order valence-corrected chi connectivity index (χ3v) is 3.80. The summed E-state index contributed by atoms with van der Waals surface area (Å²) in [6.07, 6.45) is 0.285. The molecule has 1 heterocycles. The smallest absolute Gasteiger partial charge is 0.0723 e. The molecule has 2 rings (SSSR count). The van der Waals surface area contributed by atoms with Crippen molar-refractivity contribution in [2.75, 3.05) is 18.1 Å². The molecule has 0 radical (unpaired) electrons. The van der Waals surface area contributed by atoms with E-state index in [0.29, 0.717) is 12.6 Å². The van der Waals surface area contributed by atoms with Crippen LogP contribution in [0.5, 0.6) is 0 Å². The summed E-state index contributed by atoms with van der Waals surface area (Å²) in [4.78, 5) is 2.39. The molecule has 3 nitrogen and oxygen atoms in total. The van der Waals surface area contributed by atoms with Gasteiger partial charge in [-0.25, -0.2) is 0 Å². The van der Waals surface area contributed by atoms with Gasteiger partial charge in [0.25, 0.3) is 0 Å². The standard InChI is InChI=1S/C13H19BrN2O/c1-9-8-17-10(2)7-16(9)13-4-3-11(6-15)5-12(13)14/h3-5,9-10H,6-8,15H2,1-2H3. The highest BCUT2D eigenvalue weighted by atomic mass is 79.9. The largest absolute Gasteiger partial charge is 0.375 e. The van der Waals surface area contributed by atoms with Gasteiger partial charge in [0, 0.05) is 23.6 Å². The monoisotopic (exact) mass is 298 g/mol. The van der Waals surface area contributed by atoms with Crippen LogP contribution in [0, 0.1) is 0 Å². The van der Waals surface area contributed by atoms with Crippen molar-refractivity contribution in [1.82, 2.24) is 0 Å². The van der Waals surface area contributed by atoms with Crippen LogP contribution in [0.3, 0.4) is 0 Å². The number of halogens is 1. The molecule has 1 aliphatic rings. The Balaban J connectivity index is 2.26. The molecule has 0 aliphatic carbocycles. The Kier molecular flexibility index (Phi) is 4.07. The number of ether oxygens (including phenoxy) is 1. The second-order valence-electron chi connectivity index (χ2n) is 4.64. The number of morpholine rings is 1. The van der Waals surface area contributed by atoms with Crippen molar-refractivity contribution in [3.05, 3.63) is 28.2 Å². The molecular formula is C13H19BrN2O. The Morgan fingerprint density at radius 3 is 2.88 bits per heavy atom. The van der Waals surface area contributed by atoms with E-state index < -0.39 is 0 Å². The summed E-state index contributed by atoms with van der Waals surface area (Å²) in [7, 11) is 0. The second kappa shape index (κ2) is 5.38. The molecule has 1 aromatic carbocycles. The predicted octanol–water partition coefficient (Wildman–Crippen LogP) is 2.52. The van der Waals surface area contributed by atoms with E-state index in [1.165, 1.54) is 5.69 Å². The van der Waals surface area contributed by atoms with E-state index in [9.17, 15) is 0 Å². The third kappa shape index (κ3) is 2.81. The molecule has 1 saturated heterocycles. The minimum atomic E-state index is 0.285. The Labute approximate surface area is 111 Å². The maximum absolute atomic E-state index is 5.65. The van der Waals surface area contributed by atoms with Crippen molar-refractivity contribution in [2.45, 2.75) is 32.5 Å². The lowest BCUT2D eigenvalue weighted by Gasteiger charge is -2.39. The normalized spacial score (nSPS) is 25.1. The van der Waals surface area contributed by atoms with E-state index in [2.05, 4.69) is 52.9 Å². The highest BCUT2D eigenvalue weighted by Gasteiger charge is 2.24. The van der Waals surface area contributed by atoms with Crippen molar-refractivity contribution < 1.29 is 4.74 Å². The van der Waals surface area contributed by atoms with Gasteiger partial charge < -0.3 is 15.4 Å². The van der Waals surface area contributed by atoms with E-state index in [1.807, 2.05) is 0 Å². The predicted molar refractivity (Wildman–Crippen MR) is 74.3 cm³/mol. The van der Waals surface area contributed by atoms with E-state index in [0.717, 1.165) is 23.2 Å². The lowest BCUT2D eigenvalue weighted by molar-refractivity contribution is 0.0343. The Hall–Kier alpha value is -0.580. The summed E-state index contributed by atoms with van der Waals surface area (Å²) in [6, 6.07) is 6.74. The first-order chi connectivity index (χ1) is 8.11. The van der Waals surface area contributed by atoms with Crippen LogP contribution >= 0.6 is 15.9 Å². The fraction of sp³-hybridized carbons (Fsp3) is 0.538. The lowest BCUT2D eigenvalue weighted by atomic mass is 10.1. The molecule has 17 heavy (non-hydrogen) atoms. The van der Waals surface area contributed by atoms with Gasteiger partial charge in [-0.1, -0.05) is 6.07 Å². The fourth-order valence-electron chi connectivity index (χ4n) is 2.15. The van der Waals surface area contributed by atoms with Crippen LogP contribution in [0.4, 0.5) is 5.69 Å². The maximum atomic E-state index is 5.65. The zero-order valence-corrected chi connectivity index (χ0v) is 11.9. The first-order valence-corrected chi connectivity index (χ1v) is 6.78. The van der Waals surface area contributed by atoms with Crippen molar-refractivity contribution in [3.8, 4) is 0 Å². The van der Waals surface area contributed by atoms with Gasteiger partial charge >= 0.3 is 0 Å². The minimum absolute atomic E-state index is 0.285. The zero-order chi connectivity index (χ0) is 12.4. The highest BCUT2D eigenvalue weighted by Crippen LogP contribution is 2.30. The van der Waals surface area contributed by atoms with Gasteiger partial charge in [0.15, 0.2) is 0 Å². The quantitative estimate of drug-likeness (QED) is 0.912. The number of anilines is 1. The summed E-state index contributed by atoms with van der Waals surface area (Å²) in [5, 5.41) is 0. The SMILES string of the molecule is CC1CN(c2ccc(CN)cc2Br)C(C)CO1. The molecule has 4 heteroatoms. The van der Waals surface area contributed by atoms with E-state index in [4.69, 9.17) is 10.5 Å². The van der Waals surface area contributed by atoms with E-state index >= 15 is 0 Å². The topological polar surface area (TPSA) is 38.5 Å². The van der Waals surface area contributed by atoms with Gasteiger partial charge in [0.2, 0.25) is 0 Å². The van der Waals surface area contributed by atoms with E-state index in [-0.39, 0.29) is 6.10 Å². The van der Waals surface area contributed by atoms with Crippen molar-refractivity contribution >= 4 is 21.6 Å². The molecule has 1 aliphatic heterocycles. The van der Waals surface area contributed by atoms with Gasteiger partial charge in [-0.3, -0.25) is 0 Å². The Bertz CT molecular complexity index is 397. The molecule has 1 fully saturated rings. The Morgan fingerprint density at radius 2 is 2.24 bits per heavy atom. The first kappa shape index (κ1) is 12.9. The molecule has 0 spiro atoms. The summed E-state index contributed by atoms with van der Waals surface area (Å²) in [5.74, 6) is 0. The number of hydrogen-bond donors (Lipinski definition) is 1. The van der Waals surface area contributed by atoms with Crippen LogP contribution in [0.1, 0.15) is 19.4 Å². The average molecular weight is 299 g/mol. The second-order valence-corrected chi connectivity index (χ2v) is 5.49. The number of benzene rings is 1. The minimum Gasteiger partial charge on any atom is -0.375 e. The van der Waals surface area contributed by atoms with Crippen LogP contribution in [0.15, 0.2) is 22.7 Å². The van der Waals surface area contributed by atoms with Crippen LogP contribution in [0.25, 0.3) is 0 Å². The molecule has 2 unspecified atom stereocenters. The average Bonchev–Trinajstić information content (AvgIpc) is 2.32. The molecule has 0 amide bonds. The molecule has 0 saturated carbocycles. The molecule has 1 aromatic rings. The highest BCUT2D eigenvalue weighted by molar-refractivity contribution is 9.10. The number of hydrogen-bond acceptors (Lipinski definition) is 3. The molecule has 0 aromatic heterocycles. The maximum Gasteiger partial charge on any atom is 0.0723 e. The molecular weight excluding hydrogens is 280 g/mol. The van der Waals surface area contributed by atoms with Gasteiger partial charge in [-0.15, -0.1) is 0 Å². The lowest BCUT2D eigenvalue weighted by Crippen LogP contribution is -2.47. The van der Waals surface area contributed by atoms with Crippen molar-refractivity contribution in [2.24, 2.45) is 5.73 Å². The van der Waals surface area contributed by atoms with Gasteiger partial charge in [0.05, 0.1) is 18.4 Å². The van der Waals surface area contributed by atoms with Crippen LogP contribution in [0.2, 0.25) is 0 Å². The number of nitrogens with two attached hydrogens (primary N) is 1. The van der Waals surface area contributed by atoms with Crippen LogP contribution in [-0.2, 0) is 11.3 Å². The van der Waals surface area contributed by atoms with Crippen molar-refractivity contribution in [1.29, 1.82) is 0 Å². The summed E-state index contributed by atoms with van der Waals surface area (Å²) in [6.45, 7) is 6.60. The van der Waals surface area contributed by atoms with Crippen LogP contribution < -0.4 is 10.6 Å². The Morgan fingerprint density at radius 1 is 1.47 bits per heavy atom. The molecule has 2 atom stereocenters. The zero-order valence-electron chi connectivity index (χ0n) is 10.3. The molecule has 2 N–H and O–H groups in total. The van der Waals surface area contributed by atoms with Gasteiger partial charge in [0.1, 0.15) is 0 Å². The molecule has 94 valence electrons. The van der Waals surface area contributed by atoms with Gasteiger partial charge in [-0.05, 0) is 47.5 Å². The summed E-state index contributed by atoms with van der Waals surface area (Å²) in [5.41, 5.74) is 8.02. The van der Waals surface area contributed by atoms with Crippen LogP contribution in [-0.4, -0.2) is 25.3 Å². The summed E-state index contributed by atoms with van der Waals surface area (Å²) >= 11 is 3.63. The number of nitrogens with zero attached hydrogens (tertiary/aromatic N) is 1.